The van der Waals surface area contributed by atoms with Crippen molar-refractivity contribution in [2.45, 2.75) is 73.3 Å². The smallest absolute Gasteiger partial charge is 0.0164 e. The van der Waals surface area contributed by atoms with Gasteiger partial charge < -0.3 is 5.32 Å². The van der Waals surface area contributed by atoms with Crippen LogP contribution in [0.25, 0.3) is 0 Å². The first-order valence-corrected chi connectivity index (χ1v) is 7.69. The summed E-state index contributed by atoms with van der Waals surface area (Å²) >= 11 is 0. The summed E-state index contributed by atoms with van der Waals surface area (Å²) in [5.41, 5.74) is 2.02. The summed E-state index contributed by atoms with van der Waals surface area (Å²) < 4.78 is 0. The summed E-state index contributed by atoms with van der Waals surface area (Å²) in [6, 6.07) is 0.588. The molecule has 1 saturated carbocycles. The van der Waals surface area contributed by atoms with Crippen LogP contribution in [0.5, 0.6) is 0 Å². The van der Waals surface area contributed by atoms with Crippen molar-refractivity contribution in [3.8, 4) is 0 Å². The summed E-state index contributed by atoms with van der Waals surface area (Å²) in [6.07, 6.45) is 8.13. The Labute approximate surface area is 114 Å². The fourth-order valence-corrected chi connectivity index (χ4v) is 2.98. The van der Waals surface area contributed by atoms with Gasteiger partial charge in [-0.2, -0.15) is 0 Å². The third-order valence-corrected chi connectivity index (χ3v) is 4.31. The summed E-state index contributed by atoms with van der Waals surface area (Å²) in [5, 5.41) is 3.50. The molecule has 0 saturated heterocycles. The van der Waals surface area contributed by atoms with Gasteiger partial charge in [-0.1, -0.05) is 46.3 Å². The molecule has 0 aromatic rings. The van der Waals surface area contributed by atoms with Gasteiger partial charge in [0.15, 0.2) is 0 Å². The van der Waals surface area contributed by atoms with Crippen LogP contribution in [0.1, 0.15) is 67.2 Å². The molecule has 0 aromatic carbocycles. The molecule has 0 aromatic heterocycles. The van der Waals surface area contributed by atoms with E-state index in [9.17, 15) is 0 Å². The molecule has 1 N–H and O–H groups in total. The molecule has 18 heavy (non-hydrogen) atoms. The van der Waals surface area contributed by atoms with Gasteiger partial charge in [-0.3, -0.25) is 0 Å². The number of allylic oxidation sites excluding steroid dienone is 1. The van der Waals surface area contributed by atoms with Crippen molar-refractivity contribution in [1.29, 1.82) is 0 Å². The quantitative estimate of drug-likeness (QED) is 0.709. The van der Waals surface area contributed by atoms with Gasteiger partial charge in [-0.15, -0.1) is 0 Å². The van der Waals surface area contributed by atoms with Gasteiger partial charge in [0.2, 0.25) is 0 Å². The number of nitrogens with one attached hydrogen (secondary N) is 1. The summed E-state index contributed by atoms with van der Waals surface area (Å²) in [6.45, 7) is 14.9. The SMILES string of the molecule is CC(=CC1CCC(C(C)(C)C)CC1)CNC(C)C. The zero-order chi connectivity index (χ0) is 13.8. The maximum absolute atomic E-state index is 3.50. The van der Waals surface area contributed by atoms with Crippen molar-refractivity contribution in [2.75, 3.05) is 6.54 Å². The van der Waals surface area contributed by atoms with Crippen LogP contribution in [0.15, 0.2) is 11.6 Å². The second-order valence-corrected chi connectivity index (χ2v) is 7.53. The van der Waals surface area contributed by atoms with E-state index in [1.54, 1.807) is 0 Å². The highest BCUT2D eigenvalue weighted by molar-refractivity contribution is 5.04. The molecular formula is C17H33N. The van der Waals surface area contributed by atoms with Crippen LogP contribution in [0.4, 0.5) is 0 Å². The standard InChI is InChI=1S/C17H33N/c1-13(2)18-12-14(3)11-15-7-9-16(10-8-15)17(4,5)6/h11,13,15-16,18H,7-10,12H2,1-6H3. The van der Waals surface area contributed by atoms with Crippen molar-refractivity contribution < 1.29 is 0 Å². The Hall–Kier alpha value is -0.300. The molecule has 0 radical (unpaired) electrons. The predicted molar refractivity (Wildman–Crippen MR) is 81.8 cm³/mol. The van der Waals surface area contributed by atoms with Crippen molar-refractivity contribution in [2.24, 2.45) is 17.3 Å². The zero-order valence-corrected chi connectivity index (χ0v) is 13.3. The fourth-order valence-electron chi connectivity index (χ4n) is 2.98. The first-order valence-electron chi connectivity index (χ1n) is 7.69. The van der Waals surface area contributed by atoms with Crippen molar-refractivity contribution in [1.82, 2.24) is 5.32 Å². The Bertz CT molecular complexity index is 262. The minimum Gasteiger partial charge on any atom is -0.311 e. The van der Waals surface area contributed by atoms with Gasteiger partial charge in [0, 0.05) is 12.6 Å². The van der Waals surface area contributed by atoms with E-state index in [1.807, 2.05) is 0 Å². The molecule has 1 aliphatic rings. The normalized spacial score (nSPS) is 26.7. The molecule has 1 aliphatic carbocycles. The van der Waals surface area contributed by atoms with Crippen LogP contribution < -0.4 is 5.32 Å². The average Bonchev–Trinajstić information content (AvgIpc) is 2.26. The van der Waals surface area contributed by atoms with Crippen LogP contribution in [-0.4, -0.2) is 12.6 Å². The Kier molecular flexibility index (Phi) is 5.91. The lowest BCUT2D eigenvalue weighted by molar-refractivity contribution is 0.162. The number of rotatable bonds is 4. The minimum absolute atomic E-state index is 0.503. The molecule has 106 valence electrons. The average molecular weight is 251 g/mol. The van der Waals surface area contributed by atoms with Crippen molar-refractivity contribution >= 4 is 0 Å². The summed E-state index contributed by atoms with van der Waals surface area (Å²) in [7, 11) is 0. The first kappa shape index (κ1) is 15.8. The topological polar surface area (TPSA) is 12.0 Å². The van der Waals surface area contributed by atoms with E-state index in [2.05, 4.69) is 52.9 Å². The maximum atomic E-state index is 3.50. The molecule has 1 nitrogen and oxygen atoms in total. The van der Waals surface area contributed by atoms with Gasteiger partial charge in [0.1, 0.15) is 0 Å². The Balaban J connectivity index is 2.36. The summed E-state index contributed by atoms with van der Waals surface area (Å²) in [4.78, 5) is 0. The highest BCUT2D eigenvalue weighted by Gasteiger charge is 2.28. The van der Waals surface area contributed by atoms with Gasteiger partial charge in [0.05, 0.1) is 0 Å². The number of hydrogen-bond donors (Lipinski definition) is 1. The molecule has 0 bridgehead atoms. The molecule has 0 spiro atoms. The van der Waals surface area contributed by atoms with Crippen LogP contribution >= 0.6 is 0 Å². The number of hydrogen-bond acceptors (Lipinski definition) is 1. The third-order valence-electron chi connectivity index (χ3n) is 4.31. The molecule has 1 fully saturated rings. The van der Waals surface area contributed by atoms with Crippen molar-refractivity contribution in [3.05, 3.63) is 11.6 Å². The molecule has 0 heterocycles. The molecule has 0 amide bonds. The Morgan fingerprint density at radius 2 is 1.72 bits per heavy atom. The predicted octanol–water partition coefficient (Wildman–Crippen LogP) is 4.78. The van der Waals surface area contributed by atoms with Crippen LogP contribution in [0.3, 0.4) is 0 Å². The van der Waals surface area contributed by atoms with E-state index in [4.69, 9.17) is 0 Å². The van der Waals surface area contributed by atoms with E-state index in [-0.39, 0.29) is 0 Å². The van der Waals surface area contributed by atoms with Crippen LogP contribution in [0.2, 0.25) is 0 Å². The van der Waals surface area contributed by atoms with Crippen LogP contribution in [0, 0.1) is 17.3 Å². The first-order chi connectivity index (χ1) is 8.29. The molecule has 1 heteroatoms. The monoisotopic (exact) mass is 251 g/mol. The molecule has 0 aliphatic heterocycles. The van der Waals surface area contributed by atoms with Gasteiger partial charge in [-0.05, 0) is 49.9 Å². The second kappa shape index (κ2) is 6.75. The minimum atomic E-state index is 0.503. The largest absolute Gasteiger partial charge is 0.311 e. The Morgan fingerprint density at radius 1 is 1.17 bits per heavy atom. The molecular weight excluding hydrogens is 218 g/mol. The fraction of sp³-hybridized carbons (Fsp3) is 0.882. The van der Waals surface area contributed by atoms with E-state index in [0.717, 1.165) is 18.4 Å². The molecule has 1 rings (SSSR count). The van der Waals surface area contributed by atoms with Gasteiger partial charge in [-0.25, -0.2) is 0 Å². The van der Waals surface area contributed by atoms with Crippen molar-refractivity contribution in [3.63, 3.8) is 0 Å². The lowest BCUT2D eigenvalue weighted by atomic mass is 9.69. The van der Waals surface area contributed by atoms with Gasteiger partial charge in [0.25, 0.3) is 0 Å². The molecule has 0 unspecified atom stereocenters. The van der Waals surface area contributed by atoms with E-state index >= 15 is 0 Å². The summed E-state index contributed by atoms with van der Waals surface area (Å²) in [5.74, 6) is 1.76. The van der Waals surface area contributed by atoms with E-state index in [1.165, 1.54) is 31.3 Å². The molecule has 0 atom stereocenters. The maximum Gasteiger partial charge on any atom is 0.0164 e. The highest BCUT2D eigenvalue weighted by atomic mass is 14.9. The van der Waals surface area contributed by atoms with Gasteiger partial charge >= 0.3 is 0 Å². The Morgan fingerprint density at radius 3 is 2.17 bits per heavy atom. The van der Waals surface area contributed by atoms with E-state index < -0.39 is 0 Å². The van der Waals surface area contributed by atoms with E-state index in [0.29, 0.717) is 11.5 Å². The van der Waals surface area contributed by atoms with Crippen LogP contribution in [-0.2, 0) is 0 Å². The highest BCUT2D eigenvalue weighted by Crippen LogP contribution is 2.40. The second-order valence-electron chi connectivity index (χ2n) is 7.53. The third kappa shape index (κ3) is 5.56. The lowest BCUT2D eigenvalue weighted by Crippen LogP contribution is -2.26. The lowest BCUT2D eigenvalue weighted by Gasteiger charge is -2.36. The zero-order valence-electron chi connectivity index (χ0n) is 13.3.